The predicted molar refractivity (Wildman–Crippen MR) is 144 cm³/mol. The van der Waals surface area contributed by atoms with Crippen LogP contribution in [0, 0.1) is 5.92 Å². The van der Waals surface area contributed by atoms with Crippen molar-refractivity contribution in [3.05, 3.63) is 59.8 Å². The molecule has 8 heteroatoms. The number of halogens is 1. The van der Waals surface area contributed by atoms with Crippen LogP contribution in [0.25, 0.3) is 0 Å². The van der Waals surface area contributed by atoms with Gasteiger partial charge in [-0.25, -0.2) is 9.98 Å². The van der Waals surface area contributed by atoms with Gasteiger partial charge in [0.25, 0.3) is 0 Å². The molecular formula is C25H38IN5O2. The highest BCUT2D eigenvalue weighted by Gasteiger charge is 2.21. The molecule has 1 aliphatic rings. The van der Waals surface area contributed by atoms with Crippen molar-refractivity contribution in [1.29, 1.82) is 0 Å². The van der Waals surface area contributed by atoms with E-state index in [0.29, 0.717) is 24.9 Å². The lowest BCUT2D eigenvalue weighted by Crippen LogP contribution is -2.50. The summed E-state index contributed by atoms with van der Waals surface area (Å²) in [7, 11) is 0. The van der Waals surface area contributed by atoms with Crippen LogP contribution in [0.15, 0.2) is 53.7 Å². The molecule has 1 unspecified atom stereocenters. The topological polar surface area (TPSA) is 71.0 Å². The molecule has 1 aromatic heterocycles. The molecule has 2 N–H and O–H groups in total. The maximum absolute atomic E-state index is 5.95. The molecule has 0 amide bonds. The normalized spacial score (nSPS) is 16.8. The van der Waals surface area contributed by atoms with Gasteiger partial charge in [0.1, 0.15) is 6.61 Å². The number of ether oxygens (including phenoxy) is 2. The van der Waals surface area contributed by atoms with Gasteiger partial charge in [-0.05, 0) is 30.0 Å². The molecule has 0 saturated carbocycles. The number of hydrogen-bond donors (Lipinski definition) is 2. The van der Waals surface area contributed by atoms with Crippen LogP contribution in [0.4, 0.5) is 0 Å². The monoisotopic (exact) mass is 567 g/mol. The first-order chi connectivity index (χ1) is 15.6. The van der Waals surface area contributed by atoms with Crippen LogP contribution in [0.3, 0.4) is 0 Å². The highest BCUT2D eigenvalue weighted by atomic mass is 127. The number of aliphatic imine (C=N–C) groups is 1. The zero-order chi connectivity index (χ0) is 22.6. The van der Waals surface area contributed by atoms with E-state index in [-0.39, 0.29) is 30.1 Å². The van der Waals surface area contributed by atoms with Crippen LogP contribution >= 0.6 is 24.0 Å². The van der Waals surface area contributed by atoms with Crippen LogP contribution in [0.2, 0.25) is 0 Å². The van der Waals surface area contributed by atoms with Crippen LogP contribution in [0.1, 0.15) is 31.9 Å². The van der Waals surface area contributed by atoms with Gasteiger partial charge >= 0.3 is 0 Å². The van der Waals surface area contributed by atoms with Crippen molar-refractivity contribution >= 4 is 29.9 Å². The molecule has 0 bridgehead atoms. The van der Waals surface area contributed by atoms with Gasteiger partial charge in [-0.1, -0.05) is 44.2 Å². The lowest BCUT2D eigenvalue weighted by molar-refractivity contribution is -0.0284. The first kappa shape index (κ1) is 27.3. The molecule has 33 heavy (non-hydrogen) atoms. The van der Waals surface area contributed by atoms with Crippen LogP contribution in [-0.2, 0) is 17.9 Å². The van der Waals surface area contributed by atoms with Gasteiger partial charge in [0.05, 0.1) is 19.3 Å². The van der Waals surface area contributed by atoms with Gasteiger partial charge in [-0.3, -0.25) is 4.90 Å². The smallest absolute Gasteiger partial charge is 0.213 e. The molecular weight excluding hydrogens is 529 g/mol. The Morgan fingerprint density at radius 3 is 2.79 bits per heavy atom. The van der Waals surface area contributed by atoms with E-state index in [2.05, 4.69) is 41.3 Å². The van der Waals surface area contributed by atoms with E-state index in [1.54, 1.807) is 6.20 Å². The average Bonchev–Trinajstić information content (AvgIpc) is 2.80. The third-order valence-corrected chi connectivity index (χ3v) is 5.14. The summed E-state index contributed by atoms with van der Waals surface area (Å²) in [5, 5.41) is 6.76. The quantitative estimate of drug-likeness (QED) is 0.259. The molecule has 1 aromatic carbocycles. The van der Waals surface area contributed by atoms with Crippen LogP contribution < -0.4 is 15.4 Å². The Morgan fingerprint density at radius 1 is 1.21 bits per heavy atom. The van der Waals surface area contributed by atoms with Crippen LogP contribution in [-0.4, -0.2) is 61.3 Å². The number of morpholine rings is 1. The van der Waals surface area contributed by atoms with Gasteiger partial charge in [0.15, 0.2) is 5.96 Å². The SMILES string of the molecule is CCNC(=NCc1ccnc(OCc2ccccc2)c1)NCC1CN(CC(C)C)CCO1.I. The minimum atomic E-state index is 0. The standard InChI is InChI=1S/C25H37N5O2.HI/c1-4-26-25(29-16-23-18-30(12-13-31-23)17-20(2)3)28-15-22-10-11-27-24(14-22)32-19-21-8-6-5-7-9-21;/h5-11,14,20,23H,4,12-13,15-19H2,1-3H3,(H2,26,28,29);1H. The fraction of sp³-hybridized carbons (Fsp3) is 0.520. The summed E-state index contributed by atoms with van der Waals surface area (Å²) in [6, 6.07) is 14.0. The summed E-state index contributed by atoms with van der Waals surface area (Å²) < 4.78 is 11.8. The number of hydrogen-bond acceptors (Lipinski definition) is 5. The molecule has 7 nitrogen and oxygen atoms in total. The zero-order valence-electron chi connectivity index (χ0n) is 20.0. The fourth-order valence-electron chi connectivity index (χ4n) is 3.67. The predicted octanol–water partition coefficient (Wildman–Crippen LogP) is 3.69. The Balaban J connectivity index is 0.00000385. The number of pyridine rings is 1. The summed E-state index contributed by atoms with van der Waals surface area (Å²) in [5.41, 5.74) is 2.17. The van der Waals surface area contributed by atoms with Crippen molar-refractivity contribution in [2.45, 2.75) is 40.0 Å². The zero-order valence-corrected chi connectivity index (χ0v) is 22.3. The van der Waals surface area contributed by atoms with Gasteiger partial charge in [-0.15, -0.1) is 24.0 Å². The molecule has 1 aliphatic heterocycles. The van der Waals surface area contributed by atoms with E-state index in [1.807, 2.05) is 42.5 Å². The van der Waals surface area contributed by atoms with Gasteiger partial charge in [-0.2, -0.15) is 0 Å². The second kappa shape index (κ2) is 15.1. The summed E-state index contributed by atoms with van der Waals surface area (Å²) >= 11 is 0. The molecule has 182 valence electrons. The Labute approximate surface area is 215 Å². The molecule has 1 fully saturated rings. The van der Waals surface area contributed by atoms with E-state index in [0.717, 1.165) is 56.4 Å². The number of aromatic nitrogens is 1. The Kier molecular flexibility index (Phi) is 12.5. The molecule has 2 aromatic rings. The Hall–Kier alpha value is -1.91. The molecule has 2 heterocycles. The summed E-state index contributed by atoms with van der Waals surface area (Å²) in [6.45, 7) is 13.1. The lowest BCUT2D eigenvalue weighted by atomic mass is 10.2. The van der Waals surface area contributed by atoms with Crippen molar-refractivity contribution in [3.8, 4) is 5.88 Å². The number of rotatable bonds is 10. The van der Waals surface area contributed by atoms with Crippen molar-refractivity contribution in [2.24, 2.45) is 10.9 Å². The first-order valence-electron chi connectivity index (χ1n) is 11.6. The maximum atomic E-state index is 5.95. The third-order valence-electron chi connectivity index (χ3n) is 5.14. The molecule has 1 saturated heterocycles. The van der Waals surface area contributed by atoms with Crippen molar-refractivity contribution in [1.82, 2.24) is 20.5 Å². The maximum Gasteiger partial charge on any atom is 0.213 e. The Bertz CT molecular complexity index is 835. The van der Waals surface area contributed by atoms with Crippen molar-refractivity contribution < 1.29 is 9.47 Å². The van der Waals surface area contributed by atoms with Gasteiger partial charge in [0.2, 0.25) is 5.88 Å². The van der Waals surface area contributed by atoms with E-state index in [9.17, 15) is 0 Å². The number of guanidine groups is 1. The average molecular weight is 568 g/mol. The number of nitrogens with zero attached hydrogens (tertiary/aromatic N) is 3. The minimum Gasteiger partial charge on any atom is -0.473 e. The molecule has 0 spiro atoms. The van der Waals surface area contributed by atoms with Crippen molar-refractivity contribution in [2.75, 3.05) is 39.3 Å². The van der Waals surface area contributed by atoms with E-state index < -0.39 is 0 Å². The lowest BCUT2D eigenvalue weighted by Gasteiger charge is -2.34. The second-order valence-electron chi connectivity index (χ2n) is 8.50. The largest absolute Gasteiger partial charge is 0.473 e. The molecule has 0 radical (unpaired) electrons. The van der Waals surface area contributed by atoms with Crippen molar-refractivity contribution in [3.63, 3.8) is 0 Å². The second-order valence-corrected chi connectivity index (χ2v) is 8.50. The van der Waals surface area contributed by atoms with E-state index >= 15 is 0 Å². The first-order valence-corrected chi connectivity index (χ1v) is 11.6. The molecule has 3 rings (SSSR count). The molecule has 0 aliphatic carbocycles. The number of benzene rings is 1. The van der Waals surface area contributed by atoms with Gasteiger partial charge in [0, 0.05) is 45.0 Å². The summed E-state index contributed by atoms with van der Waals surface area (Å²) in [6.07, 6.45) is 1.94. The fourth-order valence-corrected chi connectivity index (χ4v) is 3.67. The van der Waals surface area contributed by atoms with E-state index in [1.165, 1.54) is 0 Å². The highest BCUT2D eigenvalue weighted by Crippen LogP contribution is 2.13. The summed E-state index contributed by atoms with van der Waals surface area (Å²) in [5.74, 6) is 2.07. The number of nitrogens with one attached hydrogen (secondary N) is 2. The van der Waals surface area contributed by atoms with E-state index in [4.69, 9.17) is 14.5 Å². The Morgan fingerprint density at radius 2 is 2.03 bits per heavy atom. The van der Waals surface area contributed by atoms with Gasteiger partial charge < -0.3 is 20.1 Å². The minimum absolute atomic E-state index is 0. The molecule has 1 atom stereocenters. The highest BCUT2D eigenvalue weighted by molar-refractivity contribution is 14.0. The summed E-state index contributed by atoms with van der Waals surface area (Å²) in [4.78, 5) is 11.5. The third kappa shape index (κ3) is 10.3. The van der Waals surface area contributed by atoms with Crippen LogP contribution in [0.5, 0.6) is 5.88 Å².